The van der Waals surface area contributed by atoms with Gasteiger partial charge in [-0.15, -0.1) is 0 Å². The average molecular weight is 334 g/mol. The van der Waals surface area contributed by atoms with Crippen LogP contribution in [0.5, 0.6) is 0 Å². The van der Waals surface area contributed by atoms with Crippen molar-refractivity contribution in [1.29, 1.82) is 0 Å². The second-order valence-corrected chi connectivity index (χ2v) is 6.64. The number of amides is 1. The summed E-state index contributed by atoms with van der Waals surface area (Å²) >= 11 is 6.34. The Kier molecular flexibility index (Phi) is 5.83. The highest BCUT2D eigenvalue weighted by Crippen LogP contribution is 2.32. The van der Waals surface area contributed by atoms with Crippen LogP contribution in [0.1, 0.15) is 37.4 Å². The molecule has 23 heavy (non-hydrogen) atoms. The second kappa shape index (κ2) is 7.64. The van der Waals surface area contributed by atoms with Gasteiger partial charge in [0.15, 0.2) is 0 Å². The van der Waals surface area contributed by atoms with Crippen molar-refractivity contribution in [3.8, 4) is 0 Å². The molecule has 0 aliphatic rings. The molecule has 0 saturated carbocycles. The number of aromatic nitrogens is 2. The first-order chi connectivity index (χ1) is 10.9. The number of hydrogen-bond acceptors (Lipinski definition) is 2. The number of carbonyl (C=O) groups excluding carboxylic acids is 1. The summed E-state index contributed by atoms with van der Waals surface area (Å²) < 4.78 is 1.75. The van der Waals surface area contributed by atoms with Crippen LogP contribution in [-0.4, -0.2) is 27.6 Å². The maximum Gasteiger partial charge on any atom is 0.223 e. The lowest BCUT2D eigenvalue weighted by molar-refractivity contribution is -0.133. The molecule has 0 aliphatic carbocycles. The van der Waals surface area contributed by atoms with E-state index >= 15 is 0 Å². The number of hydrogen-bond donors (Lipinski definition) is 0. The SMILES string of the molecule is CC(C)[C@H](c1ccccc1Cl)N(C)C(=O)CCc1cnn(C)c1. The van der Waals surface area contributed by atoms with Crippen LogP contribution in [0.3, 0.4) is 0 Å². The summed E-state index contributed by atoms with van der Waals surface area (Å²) in [7, 11) is 3.74. The molecule has 0 fully saturated rings. The highest BCUT2D eigenvalue weighted by Gasteiger charge is 2.26. The smallest absolute Gasteiger partial charge is 0.223 e. The van der Waals surface area contributed by atoms with Crippen molar-refractivity contribution < 1.29 is 4.79 Å². The minimum atomic E-state index is -0.0231. The van der Waals surface area contributed by atoms with Gasteiger partial charge in [-0.1, -0.05) is 43.6 Å². The molecule has 1 amide bonds. The molecule has 1 aromatic heterocycles. The fourth-order valence-corrected chi connectivity index (χ4v) is 3.16. The first kappa shape index (κ1) is 17.5. The van der Waals surface area contributed by atoms with Crippen molar-refractivity contribution in [3.05, 3.63) is 52.8 Å². The van der Waals surface area contributed by atoms with Crippen LogP contribution in [-0.2, 0) is 18.3 Å². The number of nitrogens with zero attached hydrogens (tertiary/aromatic N) is 3. The van der Waals surface area contributed by atoms with Gasteiger partial charge in [-0.25, -0.2) is 0 Å². The molecule has 0 bridgehead atoms. The zero-order valence-corrected chi connectivity index (χ0v) is 14.9. The molecule has 0 N–H and O–H groups in total. The van der Waals surface area contributed by atoms with Crippen molar-refractivity contribution in [2.45, 2.75) is 32.7 Å². The summed E-state index contributed by atoms with van der Waals surface area (Å²) in [5.41, 5.74) is 2.08. The molecule has 4 nitrogen and oxygen atoms in total. The quantitative estimate of drug-likeness (QED) is 0.805. The molecule has 1 aromatic carbocycles. The third-order valence-electron chi connectivity index (χ3n) is 4.05. The predicted octanol–water partition coefficient (Wildman–Crippen LogP) is 3.86. The average Bonchev–Trinajstić information content (AvgIpc) is 2.92. The van der Waals surface area contributed by atoms with Crippen molar-refractivity contribution in [2.75, 3.05) is 7.05 Å². The minimum absolute atomic E-state index is 0.0231. The van der Waals surface area contributed by atoms with Crippen LogP contribution in [0.4, 0.5) is 0 Å². The lowest BCUT2D eigenvalue weighted by Gasteiger charge is -2.32. The van der Waals surface area contributed by atoms with Gasteiger partial charge in [-0.3, -0.25) is 9.48 Å². The standard InChI is InChI=1S/C18H24ClN3O/c1-13(2)18(15-7-5-6-8-16(15)19)22(4)17(23)10-9-14-11-20-21(3)12-14/h5-8,11-13,18H,9-10H2,1-4H3/t18-/m1/s1. The number of benzene rings is 1. The zero-order chi connectivity index (χ0) is 17.0. The fourth-order valence-electron chi connectivity index (χ4n) is 2.91. The first-order valence-corrected chi connectivity index (χ1v) is 8.25. The van der Waals surface area contributed by atoms with Crippen molar-refractivity contribution in [2.24, 2.45) is 13.0 Å². The maximum atomic E-state index is 12.6. The Balaban J connectivity index is 2.09. The maximum absolute atomic E-state index is 12.6. The normalized spacial score (nSPS) is 12.4. The predicted molar refractivity (Wildman–Crippen MR) is 93.3 cm³/mol. The van der Waals surface area contributed by atoms with Crippen molar-refractivity contribution in [1.82, 2.24) is 14.7 Å². The molecule has 1 heterocycles. The highest BCUT2D eigenvalue weighted by molar-refractivity contribution is 6.31. The van der Waals surface area contributed by atoms with Crippen LogP contribution in [0.2, 0.25) is 5.02 Å². The van der Waals surface area contributed by atoms with Gasteiger partial charge < -0.3 is 4.90 Å². The lowest BCUT2D eigenvalue weighted by Crippen LogP contribution is -2.34. The molecule has 0 radical (unpaired) electrons. The Labute approximate surface area is 143 Å². The van der Waals surface area contributed by atoms with E-state index in [1.54, 1.807) is 10.9 Å². The molecule has 1 atom stereocenters. The Hall–Kier alpha value is -1.81. The minimum Gasteiger partial charge on any atom is -0.338 e. The van der Waals surface area contributed by atoms with E-state index in [4.69, 9.17) is 11.6 Å². The Morgan fingerprint density at radius 2 is 2.04 bits per heavy atom. The van der Waals surface area contributed by atoms with E-state index in [1.807, 2.05) is 49.5 Å². The van der Waals surface area contributed by atoms with Crippen LogP contribution < -0.4 is 0 Å². The first-order valence-electron chi connectivity index (χ1n) is 7.87. The summed E-state index contributed by atoms with van der Waals surface area (Å²) in [6.07, 6.45) is 4.92. The van der Waals surface area contributed by atoms with E-state index in [2.05, 4.69) is 18.9 Å². The van der Waals surface area contributed by atoms with Crippen molar-refractivity contribution in [3.63, 3.8) is 0 Å². The number of carbonyl (C=O) groups is 1. The van der Waals surface area contributed by atoms with Crippen LogP contribution in [0.15, 0.2) is 36.7 Å². The van der Waals surface area contributed by atoms with Crippen molar-refractivity contribution >= 4 is 17.5 Å². The second-order valence-electron chi connectivity index (χ2n) is 6.24. The van der Waals surface area contributed by atoms with E-state index in [-0.39, 0.29) is 17.9 Å². The summed E-state index contributed by atoms with van der Waals surface area (Å²) in [5, 5.41) is 4.84. The molecule has 124 valence electrons. The summed E-state index contributed by atoms with van der Waals surface area (Å²) in [6.45, 7) is 4.22. The van der Waals surface area contributed by atoms with E-state index < -0.39 is 0 Å². The number of rotatable bonds is 6. The molecule has 2 aromatic rings. The lowest BCUT2D eigenvalue weighted by atomic mass is 9.94. The Morgan fingerprint density at radius 1 is 1.35 bits per heavy atom. The fraction of sp³-hybridized carbons (Fsp3) is 0.444. The van der Waals surface area contributed by atoms with Gasteiger partial charge in [-0.2, -0.15) is 5.10 Å². The van der Waals surface area contributed by atoms with Crippen LogP contribution in [0.25, 0.3) is 0 Å². The van der Waals surface area contributed by atoms with Crippen LogP contribution in [0, 0.1) is 5.92 Å². The monoisotopic (exact) mass is 333 g/mol. The molecule has 5 heteroatoms. The van der Waals surface area contributed by atoms with Gasteiger partial charge in [0, 0.05) is 31.7 Å². The zero-order valence-electron chi connectivity index (χ0n) is 14.2. The Bertz CT molecular complexity index is 666. The molecule has 2 rings (SSSR count). The summed E-state index contributed by atoms with van der Waals surface area (Å²) in [6, 6.07) is 7.72. The van der Waals surface area contributed by atoms with Gasteiger partial charge in [0.2, 0.25) is 5.91 Å². The van der Waals surface area contributed by atoms with E-state index in [9.17, 15) is 4.79 Å². The van der Waals surface area contributed by atoms with Gasteiger partial charge in [0.1, 0.15) is 0 Å². The third kappa shape index (κ3) is 4.35. The molecule has 0 saturated heterocycles. The molecule has 0 unspecified atom stereocenters. The third-order valence-corrected chi connectivity index (χ3v) is 4.40. The van der Waals surface area contributed by atoms with Gasteiger partial charge >= 0.3 is 0 Å². The van der Waals surface area contributed by atoms with E-state index in [0.29, 0.717) is 17.9 Å². The number of aryl methyl sites for hydroxylation is 2. The molecular formula is C18H24ClN3O. The number of halogens is 1. The van der Waals surface area contributed by atoms with Gasteiger partial charge in [0.05, 0.1) is 12.2 Å². The van der Waals surface area contributed by atoms with Gasteiger partial charge in [0.25, 0.3) is 0 Å². The summed E-state index contributed by atoms with van der Waals surface area (Å²) in [5.74, 6) is 0.398. The van der Waals surface area contributed by atoms with Gasteiger partial charge in [-0.05, 0) is 29.5 Å². The van der Waals surface area contributed by atoms with Crippen LogP contribution >= 0.6 is 11.6 Å². The molecular weight excluding hydrogens is 310 g/mol. The Morgan fingerprint density at radius 3 is 2.61 bits per heavy atom. The highest BCUT2D eigenvalue weighted by atomic mass is 35.5. The molecule has 0 spiro atoms. The summed E-state index contributed by atoms with van der Waals surface area (Å²) in [4.78, 5) is 14.4. The van der Waals surface area contributed by atoms with E-state index in [1.165, 1.54) is 0 Å². The van der Waals surface area contributed by atoms with E-state index in [0.717, 1.165) is 11.1 Å². The topological polar surface area (TPSA) is 38.1 Å². The molecule has 0 aliphatic heterocycles. The largest absolute Gasteiger partial charge is 0.338 e.